The third-order valence-electron chi connectivity index (χ3n) is 5.24. The van der Waals surface area contributed by atoms with Gasteiger partial charge in [0.15, 0.2) is 11.7 Å². The van der Waals surface area contributed by atoms with Crippen molar-refractivity contribution in [2.24, 2.45) is 0 Å². The lowest BCUT2D eigenvalue weighted by molar-refractivity contribution is -0.173. The number of methoxy groups -OCH3 is 1. The van der Waals surface area contributed by atoms with Gasteiger partial charge in [0.05, 0.1) is 13.2 Å². The molecule has 0 fully saturated rings. The van der Waals surface area contributed by atoms with Crippen LogP contribution in [-0.2, 0) is 6.54 Å². The fraction of sp³-hybridized carbons (Fsp3) is 0.273. The van der Waals surface area contributed by atoms with Gasteiger partial charge in [0, 0.05) is 19.0 Å². The van der Waals surface area contributed by atoms with E-state index in [9.17, 15) is 18.0 Å². The van der Waals surface area contributed by atoms with Crippen LogP contribution in [0.25, 0.3) is 0 Å². The van der Waals surface area contributed by atoms with Crippen LogP contribution >= 0.6 is 0 Å². The van der Waals surface area contributed by atoms with E-state index < -0.39 is 24.2 Å². The number of alkyl halides is 3. The maximum atomic E-state index is 13.8. The first-order valence-corrected chi connectivity index (χ1v) is 9.74. The minimum absolute atomic E-state index is 0.0666. The highest BCUT2D eigenvalue weighted by Gasteiger charge is 2.46. The van der Waals surface area contributed by atoms with Gasteiger partial charge in [-0.1, -0.05) is 42.5 Å². The van der Waals surface area contributed by atoms with Crippen molar-refractivity contribution in [2.45, 2.75) is 31.2 Å². The number of amides is 1. The average Bonchev–Trinajstić information content (AvgIpc) is 3.21. The summed E-state index contributed by atoms with van der Waals surface area (Å²) < 4.78 is 47.4. The molecule has 2 atom stereocenters. The Balaban J connectivity index is 1.57. The van der Waals surface area contributed by atoms with Crippen LogP contribution < -0.4 is 15.4 Å². The zero-order valence-corrected chi connectivity index (χ0v) is 16.7. The maximum Gasteiger partial charge on any atom is 0.410 e. The molecule has 0 spiro atoms. The number of hydrogen-bond acceptors (Lipinski definition) is 4. The normalized spacial score (nSPS) is 18.1. The van der Waals surface area contributed by atoms with Crippen LogP contribution in [0.15, 0.2) is 60.7 Å². The highest BCUT2D eigenvalue weighted by atomic mass is 19.4. The molecule has 0 aliphatic carbocycles. The smallest absolute Gasteiger partial charge is 0.410 e. The number of anilines is 1. The summed E-state index contributed by atoms with van der Waals surface area (Å²) in [5, 5.41) is 9.75. The van der Waals surface area contributed by atoms with E-state index in [1.54, 1.807) is 24.3 Å². The summed E-state index contributed by atoms with van der Waals surface area (Å²) in [6, 6.07) is 15.0. The molecule has 4 rings (SSSR count). The van der Waals surface area contributed by atoms with E-state index >= 15 is 0 Å². The Kier molecular flexibility index (Phi) is 5.58. The van der Waals surface area contributed by atoms with Gasteiger partial charge in [0.25, 0.3) is 5.91 Å². The van der Waals surface area contributed by atoms with E-state index in [0.717, 1.165) is 10.2 Å². The minimum Gasteiger partial charge on any atom is -0.497 e. The minimum atomic E-state index is -4.51. The zero-order chi connectivity index (χ0) is 22.0. The summed E-state index contributed by atoms with van der Waals surface area (Å²) in [7, 11) is 1.52. The molecule has 0 radical (unpaired) electrons. The lowest BCUT2D eigenvalue weighted by Crippen LogP contribution is -2.35. The maximum absolute atomic E-state index is 13.8. The molecule has 9 heteroatoms. The van der Waals surface area contributed by atoms with E-state index in [-0.39, 0.29) is 24.5 Å². The van der Waals surface area contributed by atoms with Gasteiger partial charge in [0.2, 0.25) is 0 Å². The van der Waals surface area contributed by atoms with Gasteiger partial charge < -0.3 is 15.4 Å². The molecule has 1 aliphatic heterocycles. The van der Waals surface area contributed by atoms with Crippen LogP contribution in [0.2, 0.25) is 0 Å². The second kappa shape index (κ2) is 8.33. The molecule has 6 nitrogen and oxygen atoms in total. The number of halogens is 3. The van der Waals surface area contributed by atoms with Crippen molar-refractivity contribution in [1.82, 2.24) is 15.1 Å². The highest BCUT2D eigenvalue weighted by Crippen LogP contribution is 2.43. The molecule has 2 N–H and O–H groups in total. The average molecular weight is 430 g/mol. The van der Waals surface area contributed by atoms with E-state index in [1.165, 1.54) is 13.2 Å². The number of aromatic nitrogens is 2. The summed E-state index contributed by atoms with van der Waals surface area (Å²) in [6.45, 7) is 0.256. The van der Waals surface area contributed by atoms with Gasteiger partial charge in [-0.25, -0.2) is 4.68 Å². The Morgan fingerprint density at radius 2 is 1.90 bits per heavy atom. The Labute approximate surface area is 177 Å². The number of rotatable bonds is 5. The van der Waals surface area contributed by atoms with Crippen LogP contribution in [0.5, 0.6) is 5.75 Å². The quantitative estimate of drug-likeness (QED) is 0.626. The van der Waals surface area contributed by atoms with Gasteiger partial charge in [-0.3, -0.25) is 4.79 Å². The second-order valence-electron chi connectivity index (χ2n) is 7.29. The molecule has 1 aliphatic rings. The lowest BCUT2D eigenvalue weighted by atomic mass is 9.97. The third kappa shape index (κ3) is 4.50. The molecule has 0 unspecified atom stereocenters. The summed E-state index contributed by atoms with van der Waals surface area (Å²) >= 11 is 0. The van der Waals surface area contributed by atoms with Crippen molar-refractivity contribution >= 4 is 11.7 Å². The number of hydrogen-bond donors (Lipinski definition) is 2. The second-order valence-corrected chi connectivity index (χ2v) is 7.29. The fourth-order valence-electron chi connectivity index (χ4n) is 3.61. The predicted octanol–water partition coefficient (Wildman–Crippen LogP) is 4.48. The fourth-order valence-corrected chi connectivity index (χ4v) is 3.61. The summed E-state index contributed by atoms with van der Waals surface area (Å²) in [6.07, 6.45) is -4.75. The highest BCUT2D eigenvalue weighted by molar-refractivity contribution is 5.93. The lowest BCUT2D eigenvalue weighted by Gasteiger charge is -2.33. The number of ether oxygens (including phenoxy) is 1. The molecule has 2 aromatic carbocycles. The van der Waals surface area contributed by atoms with E-state index in [0.29, 0.717) is 11.3 Å². The molecule has 0 bridgehead atoms. The molecule has 3 aromatic rings. The molecule has 0 saturated carbocycles. The van der Waals surface area contributed by atoms with Crippen LogP contribution in [0.3, 0.4) is 0 Å². The van der Waals surface area contributed by atoms with Crippen LogP contribution in [0.1, 0.15) is 40.1 Å². The monoisotopic (exact) mass is 430 g/mol. The Hall–Kier alpha value is -3.49. The van der Waals surface area contributed by atoms with Gasteiger partial charge in [-0.2, -0.15) is 18.3 Å². The standard InChI is InChI=1S/C22H21F3N4O2/c1-31-16-9-7-15(8-10-16)17-11-19(22(23,24)25)29-20(27-17)12-18(28-29)21(30)26-13-14-5-3-2-4-6-14/h2-10,12,17,19,27H,11,13H2,1H3,(H,26,30)/t17-,19+/m1/s1. The first-order valence-electron chi connectivity index (χ1n) is 9.74. The summed E-state index contributed by atoms with van der Waals surface area (Å²) in [5.41, 5.74) is 1.51. The number of carbonyl (C=O) groups is 1. The van der Waals surface area contributed by atoms with Crippen molar-refractivity contribution in [1.29, 1.82) is 0 Å². The largest absolute Gasteiger partial charge is 0.497 e. The molecule has 2 heterocycles. The molecular formula is C22H21F3N4O2. The predicted molar refractivity (Wildman–Crippen MR) is 109 cm³/mol. The van der Waals surface area contributed by atoms with Crippen LogP contribution in [-0.4, -0.2) is 29.0 Å². The Bertz CT molecular complexity index is 1050. The molecule has 162 valence electrons. The van der Waals surface area contributed by atoms with E-state index in [4.69, 9.17) is 4.74 Å². The Morgan fingerprint density at radius 3 is 2.55 bits per heavy atom. The number of fused-ring (bicyclic) bond motifs is 1. The van der Waals surface area contributed by atoms with Crippen molar-refractivity contribution in [3.8, 4) is 5.75 Å². The van der Waals surface area contributed by atoms with Gasteiger partial charge in [-0.05, 0) is 23.3 Å². The van der Waals surface area contributed by atoms with Crippen LogP contribution in [0, 0.1) is 0 Å². The van der Waals surface area contributed by atoms with Crippen molar-refractivity contribution in [3.63, 3.8) is 0 Å². The van der Waals surface area contributed by atoms with Crippen molar-refractivity contribution in [2.75, 3.05) is 12.4 Å². The van der Waals surface area contributed by atoms with Crippen molar-refractivity contribution in [3.05, 3.63) is 77.5 Å². The number of nitrogens with one attached hydrogen (secondary N) is 2. The van der Waals surface area contributed by atoms with E-state index in [1.807, 2.05) is 30.3 Å². The van der Waals surface area contributed by atoms with Gasteiger partial charge in [0.1, 0.15) is 11.6 Å². The third-order valence-corrected chi connectivity index (χ3v) is 5.24. The zero-order valence-electron chi connectivity index (χ0n) is 16.7. The molecule has 1 amide bonds. The SMILES string of the molecule is COc1ccc([C@H]2C[C@@H](C(F)(F)F)n3nc(C(=O)NCc4ccccc4)cc3N2)cc1. The topological polar surface area (TPSA) is 68.2 Å². The van der Waals surface area contributed by atoms with Gasteiger partial charge >= 0.3 is 6.18 Å². The van der Waals surface area contributed by atoms with Crippen LogP contribution in [0.4, 0.5) is 19.0 Å². The molecule has 31 heavy (non-hydrogen) atoms. The Morgan fingerprint density at radius 1 is 1.19 bits per heavy atom. The first-order chi connectivity index (χ1) is 14.8. The summed E-state index contributed by atoms with van der Waals surface area (Å²) in [4.78, 5) is 12.5. The molecule has 0 saturated heterocycles. The number of carbonyl (C=O) groups excluding carboxylic acids is 1. The summed E-state index contributed by atoms with van der Waals surface area (Å²) in [5.74, 6) is 0.239. The van der Waals surface area contributed by atoms with Gasteiger partial charge in [-0.15, -0.1) is 0 Å². The molecule has 1 aromatic heterocycles. The number of nitrogens with zero attached hydrogens (tertiary/aromatic N) is 2. The number of benzene rings is 2. The van der Waals surface area contributed by atoms with Crippen molar-refractivity contribution < 1.29 is 22.7 Å². The van der Waals surface area contributed by atoms with E-state index in [2.05, 4.69) is 15.7 Å². The molecular weight excluding hydrogens is 409 g/mol. The first kappa shape index (κ1) is 20.8.